The Labute approximate surface area is 126 Å². The van der Waals surface area contributed by atoms with Gasteiger partial charge in [0.05, 0.1) is 6.04 Å². The highest BCUT2D eigenvalue weighted by Gasteiger charge is 2.39. The molecule has 0 radical (unpaired) electrons. The highest BCUT2D eigenvalue weighted by atomic mass is 19.1. The number of halogens is 1. The van der Waals surface area contributed by atoms with Crippen LogP contribution in [0.2, 0.25) is 0 Å². The Kier molecular flexibility index (Phi) is 2.92. The molecule has 5 nitrogen and oxygen atoms in total. The summed E-state index contributed by atoms with van der Waals surface area (Å²) in [6, 6.07) is 5.86. The van der Waals surface area contributed by atoms with Gasteiger partial charge in [-0.3, -0.25) is 9.59 Å². The van der Waals surface area contributed by atoms with E-state index in [1.807, 2.05) is 4.90 Å². The monoisotopic (exact) mass is 302 g/mol. The Morgan fingerprint density at radius 1 is 1.27 bits per heavy atom. The minimum atomic E-state index is -0.358. The van der Waals surface area contributed by atoms with Crippen LogP contribution in [0.3, 0.4) is 0 Å². The van der Waals surface area contributed by atoms with Crippen LogP contribution in [0.1, 0.15) is 23.4 Å². The van der Waals surface area contributed by atoms with E-state index in [1.54, 1.807) is 11.0 Å². The molecule has 2 saturated heterocycles. The number of fused-ring (bicyclic) bond motifs is 1. The third-order valence-electron chi connectivity index (χ3n) is 4.39. The Bertz CT molecular complexity index is 764. The molecule has 6 heteroatoms. The predicted octanol–water partition coefficient (Wildman–Crippen LogP) is 2.02. The van der Waals surface area contributed by atoms with Crippen molar-refractivity contribution in [2.45, 2.75) is 18.9 Å². The second-order valence-electron chi connectivity index (χ2n) is 5.85. The first-order valence-corrected chi connectivity index (χ1v) is 7.40. The molecule has 2 aromatic rings. The zero-order chi connectivity index (χ0) is 15.3. The third kappa shape index (κ3) is 2.06. The van der Waals surface area contributed by atoms with Crippen molar-refractivity contribution in [2.24, 2.45) is 0 Å². The summed E-state index contributed by atoms with van der Waals surface area (Å²) in [5, 5.41) is 0.579. The van der Waals surface area contributed by atoms with Gasteiger partial charge in [0, 0.05) is 31.4 Å². The van der Waals surface area contributed by atoms with Crippen LogP contribution in [0.25, 0.3) is 11.0 Å². The lowest BCUT2D eigenvalue weighted by molar-refractivity contribution is -0.132. The smallest absolute Gasteiger partial charge is 0.289 e. The average Bonchev–Trinajstić information content (AvgIpc) is 3.03. The van der Waals surface area contributed by atoms with Crippen molar-refractivity contribution < 1.29 is 18.4 Å². The molecule has 2 aliphatic rings. The van der Waals surface area contributed by atoms with Gasteiger partial charge in [-0.15, -0.1) is 0 Å². The first-order chi connectivity index (χ1) is 10.6. The predicted molar refractivity (Wildman–Crippen MR) is 76.8 cm³/mol. The van der Waals surface area contributed by atoms with Crippen molar-refractivity contribution in [3.63, 3.8) is 0 Å². The maximum atomic E-state index is 13.2. The average molecular weight is 302 g/mol. The number of amides is 2. The lowest BCUT2D eigenvalue weighted by Crippen LogP contribution is -2.61. The molecule has 0 atom stereocenters. The molecule has 4 rings (SSSR count). The molecule has 1 aromatic heterocycles. The van der Waals surface area contributed by atoms with Gasteiger partial charge in [-0.05, 0) is 30.7 Å². The SMILES string of the molecule is O=C(c1cc2cc(F)ccc2o1)N1CC(N2CCCC2=O)C1. The molecular weight excluding hydrogens is 287 g/mol. The number of carbonyl (C=O) groups excluding carboxylic acids is 2. The van der Waals surface area contributed by atoms with E-state index >= 15 is 0 Å². The number of nitrogens with zero attached hydrogens (tertiary/aromatic N) is 2. The lowest BCUT2D eigenvalue weighted by Gasteiger charge is -2.43. The third-order valence-corrected chi connectivity index (χ3v) is 4.39. The number of rotatable bonds is 2. The minimum Gasteiger partial charge on any atom is -0.451 e. The number of likely N-dealkylation sites (tertiary alicyclic amines) is 2. The number of hydrogen-bond acceptors (Lipinski definition) is 3. The molecule has 0 bridgehead atoms. The molecule has 2 fully saturated rings. The van der Waals surface area contributed by atoms with Crippen LogP contribution in [0.4, 0.5) is 4.39 Å². The van der Waals surface area contributed by atoms with Crippen molar-refractivity contribution in [1.82, 2.24) is 9.80 Å². The molecule has 3 heterocycles. The number of benzene rings is 1. The van der Waals surface area contributed by atoms with Crippen LogP contribution in [-0.2, 0) is 4.79 Å². The van der Waals surface area contributed by atoms with E-state index in [0.717, 1.165) is 13.0 Å². The Morgan fingerprint density at radius 3 is 2.82 bits per heavy atom. The van der Waals surface area contributed by atoms with Crippen LogP contribution in [0.15, 0.2) is 28.7 Å². The molecule has 2 aliphatic heterocycles. The van der Waals surface area contributed by atoms with Crippen molar-refractivity contribution in [2.75, 3.05) is 19.6 Å². The fourth-order valence-electron chi connectivity index (χ4n) is 3.15. The summed E-state index contributed by atoms with van der Waals surface area (Å²) >= 11 is 0. The Hall–Kier alpha value is -2.37. The Morgan fingerprint density at radius 2 is 2.09 bits per heavy atom. The van der Waals surface area contributed by atoms with Crippen LogP contribution < -0.4 is 0 Å². The second-order valence-corrected chi connectivity index (χ2v) is 5.85. The van der Waals surface area contributed by atoms with E-state index in [1.165, 1.54) is 18.2 Å². The fourth-order valence-corrected chi connectivity index (χ4v) is 3.15. The van der Waals surface area contributed by atoms with E-state index in [2.05, 4.69) is 0 Å². The lowest BCUT2D eigenvalue weighted by atomic mass is 10.1. The van der Waals surface area contributed by atoms with Gasteiger partial charge in [0.25, 0.3) is 5.91 Å². The largest absolute Gasteiger partial charge is 0.451 e. The number of hydrogen-bond donors (Lipinski definition) is 0. The van der Waals surface area contributed by atoms with E-state index < -0.39 is 0 Å². The topological polar surface area (TPSA) is 53.8 Å². The molecule has 0 aliphatic carbocycles. The van der Waals surface area contributed by atoms with Crippen molar-refractivity contribution in [1.29, 1.82) is 0 Å². The van der Waals surface area contributed by atoms with Gasteiger partial charge < -0.3 is 14.2 Å². The van der Waals surface area contributed by atoms with E-state index in [0.29, 0.717) is 30.5 Å². The van der Waals surface area contributed by atoms with Gasteiger partial charge in [0.2, 0.25) is 5.91 Å². The number of carbonyl (C=O) groups is 2. The molecule has 114 valence electrons. The fraction of sp³-hybridized carbons (Fsp3) is 0.375. The van der Waals surface area contributed by atoms with E-state index in [9.17, 15) is 14.0 Å². The molecule has 0 spiro atoms. The first-order valence-electron chi connectivity index (χ1n) is 7.40. The minimum absolute atomic E-state index is 0.126. The maximum Gasteiger partial charge on any atom is 0.289 e. The highest BCUT2D eigenvalue weighted by Crippen LogP contribution is 2.25. The van der Waals surface area contributed by atoms with Gasteiger partial charge in [-0.1, -0.05) is 0 Å². The molecule has 0 unspecified atom stereocenters. The van der Waals surface area contributed by atoms with Gasteiger partial charge in [-0.25, -0.2) is 4.39 Å². The zero-order valence-corrected chi connectivity index (χ0v) is 11.9. The van der Waals surface area contributed by atoms with Crippen LogP contribution in [-0.4, -0.2) is 47.3 Å². The normalized spacial score (nSPS) is 19.0. The van der Waals surface area contributed by atoms with Gasteiger partial charge in [0.15, 0.2) is 5.76 Å². The molecule has 0 N–H and O–H groups in total. The van der Waals surface area contributed by atoms with Gasteiger partial charge >= 0.3 is 0 Å². The molecule has 1 aromatic carbocycles. The van der Waals surface area contributed by atoms with Crippen molar-refractivity contribution in [3.8, 4) is 0 Å². The molecule has 2 amide bonds. The van der Waals surface area contributed by atoms with Crippen LogP contribution >= 0.6 is 0 Å². The van der Waals surface area contributed by atoms with E-state index in [4.69, 9.17) is 4.42 Å². The quantitative estimate of drug-likeness (QED) is 0.853. The van der Waals surface area contributed by atoms with Crippen molar-refractivity contribution >= 4 is 22.8 Å². The standard InChI is InChI=1S/C16H15FN2O3/c17-11-3-4-13-10(6-11)7-14(22-13)16(21)18-8-12(9-18)19-5-1-2-15(19)20/h3-4,6-7,12H,1-2,5,8-9H2. The summed E-state index contributed by atoms with van der Waals surface area (Å²) in [7, 11) is 0. The van der Waals surface area contributed by atoms with Crippen LogP contribution in [0.5, 0.6) is 0 Å². The van der Waals surface area contributed by atoms with Crippen molar-refractivity contribution in [3.05, 3.63) is 35.8 Å². The number of furan rings is 1. The zero-order valence-electron chi connectivity index (χ0n) is 11.9. The van der Waals surface area contributed by atoms with Crippen LogP contribution in [0, 0.1) is 5.82 Å². The maximum absolute atomic E-state index is 13.2. The summed E-state index contributed by atoms with van der Waals surface area (Å²) in [5.74, 6) is -0.175. The summed E-state index contributed by atoms with van der Waals surface area (Å²) in [6.07, 6.45) is 1.51. The summed E-state index contributed by atoms with van der Waals surface area (Å²) < 4.78 is 18.7. The summed E-state index contributed by atoms with van der Waals surface area (Å²) in [5.41, 5.74) is 0.497. The highest BCUT2D eigenvalue weighted by molar-refractivity contribution is 5.96. The van der Waals surface area contributed by atoms with E-state index in [-0.39, 0.29) is 29.4 Å². The van der Waals surface area contributed by atoms with Gasteiger partial charge in [-0.2, -0.15) is 0 Å². The summed E-state index contributed by atoms with van der Waals surface area (Å²) in [6.45, 7) is 1.86. The van der Waals surface area contributed by atoms with Gasteiger partial charge in [0.1, 0.15) is 11.4 Å². The molecule has 0 saturated carbocycles. The Balaban J connectivity index is 1.47. The first kappa shape index (κ1) is 13.3. The molecular formula is C16H15FN2O3. The molecule has 22 heavy (non-hydrogen) atoms. The second kappa shape index (κ2) is 4.83. The summed E-state index contributed by atoms with van der Waals surface area (Å²) in [4.78, 5) is 27.5.